The van der Waals surface area contributed by atoms with Gasteiger partial charge in [-0.25, -0.2) is 4.39 Å². The van der Waals surface area contributed by atoms with Crippen molar-refractivity contribution in [3.8, 4) is 5.75 Å². The largest absolute Gasteiger partial charge is 0.494 e. The van der Waals surface area contributed by atoms with Crippen molar-refractivity contribution in [3.05, 3.63) is 29.6 Å². The monoisotopic (exact) mass is 297 g/mol. The highest BCUT2D eigenvalue weighted by Crippen LogP contribution is 2.20. The van der Waals surface area contributed by atoms with Crippen LogP contribution in [-0.4, -0.2) is 63.9 Å². The molecule has 1 aliphatic heterocycles. The fraction of sp³-hybridized carbons (Fsp3) is 0.533. The van der Waals surface area contributed by atoms with E-state index in [1.165, 1.54) is 19.2 Å². The van der Waals surface area contributed by atoms with Crippen molar-refractivity contribution in [1.82, 2.24) is 4.90 Å². The number of carbonyl (C=O) groups is 1. The lowest BCUT2D eigenvalue weighted by Crippen LogP contribution is -2.29. The first-order valence-electron chi connectivity index (χ1n) is 6.73. The van der Waals surface area contributed by atoms with Crippen molar-refractivity contribution >= 4 is 5.78 Å². The minimum Gasteiger partial charge on any atom is -0.494 e. The van der Waals surface area contributed by atoms with Crippen molar-refractivity contribution in [2.24, 2.45) is 0 Å². The zero-order chi connectivity index (χ0) is 15.4. The predicted octanol–water partition coefficient (Wildman–Crippen LogP) is 1.36. The molecule has 0 amide bonds. The third-order valence-corrected chi connectivity index (χ3v) is 3.74. The van der Waals surface area contributed by atoms with Crippen LogP contribution in [0.2, 0.25) is 0 Å². The second kappa shape index (κ2) is 6.98. The van der Waals surface area contributed by atoms with Crippen molar-refractivity contribution < 1.29 is 23.4 Å². The summed E-state index contributed by atoms with van der Waals surface area (Å²) in [5.74, 6) is -0.538. The second-order valence-corrected chi connectivity index (χ2v) is 5.01. The van der Waals surface area contributed by atoms with Gasteiger partial charge in [-0.2, -0.15) is 0 Å². The molecule has 2 atom stereocenters. The number of rotatable bonds is 6. The molecular weight excluding hydrogens is 277 g/mol. The molecule has 0 spiro atoms. The first kappa shape index (κ1) is 15.9. The molecule has 6 heteroatoms. The van der Waals surface area contributed by atoms with Gasteiger partial charge >= 0.3 is 0 Å². The molecule has 1 heterocycles. The summed E-state index contributed by atoms with van der Waals surface area (Å²) in [6.07, 6.45) is -0.0918. The fourth-order valence-electron chi connectivity index (χ4n) is 2.53. The van der Waals surface area contributed by atoms with E-state index in [1.807, 2.05) is 4.90 Å². The summed E-state index contributed by atoms with van der Waals surface area (Å²) >= 11 is 0. The van der Waals surface area contributed by atoms with Crippen molar-refractivity contribution in [1.29, 1.82) is 0 Å². The predicted molar refractivity (Wildman–Crippen MR) is 75.3 cm³/mol. The number of Topliss-reactive ketones (excluding diaryl/α,β-unsaturated/α-hetero) is 1. The minimum atomic E-state index is -0.533. The maximum atomic E-state index is 13.6. The molecule has 2 unspecified atom stereocenters. The molecule has 1 saturated heterocycles. The number of ketones is 1. The average Bonchev–Trinajstić information content (AvgIpc) is 2.89. The Labute approximate surface area is 123 Å². The quantitative estimate of drug-likeness (QED) is 0.742. The van der Waals surface area contributed by atoms with Crippen LogP contribution in [-0.2, 0) is 9.47 Å². The number of likely N-dealkylation sites (tertiary alicyclic amines) is 1. The summed E-state index contributed by atoms with van der Waals surface area (Å²) < 4.78 is 29.1. The van der Waals surface area contributed by atoms with E-state index in [2.05, 4.69) is 0 Å². The zero-order valence-corrected chi connectivity index (χ0v) is 12.5. The van der Waals surface area contributed by atoms with Crippen LogP contribution in [0.4, 0.5) is 4.39 Å². The highest BCUT2D eigenvalue weighted by Gasteiger charge is 2.33. The number of halogens is 1. The van der Waals surface area contributed by atoms with Gasteiger partial charge in [0.1, 0.15) is 0 Å². The van der Waals surface area contributed by atoms with Gasteiger partial charge in [0.05, 0.1) is 25.9 Å². The van der Waals surface area contributed by atoms with Crippen molar-refractivity contribution in [2.75, 3.05) is 41.0 Å². The Bertz CT molecular complexity index is 496. The molecular formula is C15H20FNO4. The van der Waals surface area contributed by atoms with E-state index in [0.717, 1.165) is 0 Å². The molecule has 0 saturated carbocycles. The molecule has 0 N–H and O–H groups in total. The van der Waals surface area contributed by atoms with E-state index in [9.17, 15) is 9.18 Å². The first-order chi connectivity index (χ1) is 10.1. The Balaban J connectivity index is 2.00. The van der Waals surface area contributed by atoms with Gasteiger partial charge in [0.25, 0.3) is 0 Å². The third kappa shape index (κ3) is 3.58. The van der Waals surface area contributed by atoms with Crippen LogP contribution in [0.3, 0.4) is 0 Å². The Morgan fingerprint density at radius 1 is 1.24 bits per heavy atom. The topological polar surface area (TPSA) is 48.0 Å². The smallest absolute Gasteiger partial charge is 0.176 e. The third-order valence-electron chi connectivity index (χ3n) is 3.74. The van der Waals surface area contributed by atoms with Crippen LogP contribution in [0.25, 0.3) is 0 Å². The number of benzene rings is 1. The summed E-state index contributed by atoms with van der Waals surface area (Å²) in [6.45, 7) is 1.46. The number of hydrogen-bond acceptors (Lipinski definition) is 5. The molecule has 1 fully saturated rings. The van der Waals surface area contributed by atoms with E-state index < -0.39 is 5.82 Å². The van der Waals surface area contributed by atoms with Gasteiger partial charge in [-0.15, -0.1) is 0 Å². The van der Waals surface area contributed by atoms with E-state index in [1.54, 1.807) is 20.3 Å². The second-order valence-electron chi connectivity index (χ2n) is 5.01. The lowest BCUT2D eigenvalue weighted by molar-refractivity contribution is -0.00461. The van der Waals surface area contributed by atoms with E-state index in [-0.39, 0.29) is 30.3 Å². The van der Waals surface area contributed by atoms with E-state index in [4.69, 9.17) is 14.2 Å². The summed E-state index contributed by atoms with van der Waals surface area (Å²) in [5.41, 5.74) is 0.336. The minimum absolute atomic E-state index is 0.0459. The van der Waals surface area contributed by atoms with Crippen LogP contribution >= 0.6 is 0 Å². The van der Waals surface area contributed by atoms with E-state index in [0.29, 0.717) is 18.7 Å². The van der Waals surface area contributed by atoms with Crippen LogP contribution in [0.5, 0.6) is 5.75 Å². The molecule has 1 aromatic rings. The Morgan fingerprint density at radius 2 is 1.86 bits per heavy atom. The molecule has 2 rings (SSSR count). The van der Waals surface area contributed by atoms with Crippen LogP contribution in [0.1, 0.15) is 10.4 Å². The highest BCUT2D eigenvalue weighted by atomic mass is 19.1. The van der Waals surface area contributed by atoms with Crippen LogP contribution < -0.4 is 4.74 Å². The Morgan fingerprint density at radius 3 is 2.33 bits per heavy atom. The summed E-state index contributed by atoms with van der Waals surface area (Å²) in [4.78, 5) is 14.2. The normalized spacial score (nSPS) is 22.5. The summed E-state index contributed by atoms with van der Waals surface area (Å²) in [7, 11) is 4.64. The summed E-state index contributed by atoms with van der Waals surface area (Å²) in [5, 5.41) is 0. The molecule has 116 valence electrons. The molecule has 5 nitrogen and oxygen atoms in total. The first-order valence-corrected chi connectivity index (χ1v) is 6.73. The van der Waals surface area contributed by atoms with Gasteiger partial charge < -0.3 is 14.2 Å². The molecule has 0 aliphatic carbocycles. The van der Waals surface area contributed by atoms with Crippen molar-refractivity contribution in [2.45, 2.75) is 12.2 Å². The lowest BCUT2D eigenvalue weighted by atomic mass is 10.1. The maximum absolute atomic E-state index is 13.6. The van der Waals surface area contributed by atoms with Crippen LogP contribution in [0, 0.1) is 5.82 Å². The average molecular weight is 297 g/mol. The lowest BCUT2D eigenvalue weighted by Gasteiger charge is -2.14. The number of carbonyl (C=O) groups excluding carboxylic acids is 1. The van der Waals surface area contributed by atoms with Crippen LogP contribution in [0.15, 0.2) is 18.2 Å². The Hall–Kier alpha value is -1.50. The molecule has 0 aromatic heterocycles. The number of methoxy groups -OCH3 is 3. The van der Waals surface area contributed by atoms with Gasteiger partial charge in [-0.3, -0.25) is 9.69 Å². The fourth-order valence-corrected chi connectivity index (χ4v) is 2.53. The molecule has 1 aliphatic rings. The Kier molecular flexibility index (Phi) is 5.27. The number of hydrogen-bond donors (Lipinski definition) is 0. The molecule has 0 radical (unpaired) electrons. The van der Waals surface area contributed by atoms with Gasteiger partial charge in [0.15, 0.2) is 17.3 Å². The molecule has 0 bridgehead atoms. The highest BCUT2D eigenvalue weighted by molar-refractivity contribution is 5.97. The molecule has 1 aromatic carbocycles. The zero-order valence-electron chi connectivity index (χ0n) is 12.5. The SMILES string of the molecule is COc1ccc(C(=O)CN2CC(OC)C(OC)C2)cc1F. The van der Waals surface area contributed by atoms with Gasteiger partial charge in [-0.1, -0.05) is 0 Å². The van der Waals surface area contributed by atoms with Gasteiger partial charge in [0, 0.05) is 32.9 Å². The van der Waals surface area contributed by atoms with Gasteiger partial charge in [-0.05, 0) is 18.2 Å². The maximum Gasteiger partial charge on any atom is 0.176 e. The number of nitrogens with zero attached hydrogens (tertiary/aromatic N) is 1. The van der Waals surface area contributed by atoms with Crippen molar-refractivity contribution in [3.63, 3.8) is 0 Å². The standard InChI is InChI=1S/C15H20FNO4/c1-19-13-5-4-10(6-11(13)16)12(18)7-17-8-14(20-2)15(9-17)21-3/h4-6,14-15H,7-9H2,1-3H3. The summed E-state index contributed by atoms with van der Waals surface area (Å²) in [6, 6.07) is 4.24. The van der Waals surface area contributed by atoms with Gasteiger partial charge in [0.2, 0.25) is 0 Å². The molecule has 21 heavy (non-hydrogen) atoms. The number of ether oxygens (including phenoxy) is 3. The van der Waals surface area contributed by atoms with E-state index >= 15 is 0 Å².